The summed E-state index contributed by atoms with van der Waals surface area (Å²) in [5.74, 6) is -0.148. The summed E-state index contributed by atoms with van der Waals surface area (Å²) < 4.78 is 27.3. The second kappa shape index (κ2) is 11.5. The normalized spacial score (nSPS) is 11.2. The molecule has 168 valence electrons. The molecule has 7 nitrogen and oxygen atoms in total. The number of sulfonamides is 1. The maximum Gasteiger partial charge on any atom is 0.246 e. The average molecular weight is 445 g/mol. The minimum Gasteiger partial charge on any atom is -0.384 e. The number of nitrogens with one attached hydrogen (secondary N) is 2. The number of nitrogens with zero attached hydrogens (tertiary/aromatic N) is 2. The smallest absolute Gasteiger partial charge is 0.246 e. The third-order valence-corrected chi connectivity index (χ3v) is 6.86. The summed E-state index contributed by atoms with van der Waals surface area (Å²) in [6, 6.07) is 14.3. The SMILES string of the molecule is C=CCN(C(=O)CNc1cc(S(=O)(=O)N(CC)CC)ccc1NCC)c1ccccc1. The molecule has 0 bridgehead atoms. The van der Waals surface area contributed by atoms with Crippen molar-refractivity contribution in [1.29, 1.82) is 0 Å². The Hall–Kier alpha value is -2.84. The van der Waals surface area contributed by atoms with Gasteiger partial charge >= 0.3 is 0 Å². The van der Waals surface area contributed by atoms with E-state index in [-0.39, 0.29) is 17.3 Å². The van der Waals surface area contributed by atoms with E-state index in [9.17, 15) is 13.2 Å². The van der Waals surface area contributed by atoms with E-state index in [1.807, 2.05) is 51.1 Å². The zero-order chi connectivity index (χ0) is 22.9. The molecule has 0 aromatic heterocycles. The lowest BCUT2D eigenvalue weighted by atomic mass is 10.2. The molecule has 0 radical (unpaired) electrons. The molecular weight excluding hydrogens is 412 g/mol. The van der Waals surface area contributed by atoms with Crippen LogP contribution in [0.5, 0.6) is 0 Å². The van der Waals surface area contributed by atoms with Crippen molar-refractivity contribution < 1.29 is 13.2 Å². The van der Waals surface area contributed by atoms with Crippen LogP contribution in [0.1, 0.15) is 20.8 Å². The number of benzene rings is 2. The summed E-state index contributed by atoms with van der Waals surface area (Å²) in [5.41, 5.74) is 2.08. The molecule has 0 unspecified atom stereocenters. The summed E-state index contributed by atoms with van der Waals surface area (Å²) in [5, 5.41) is 6.33. The first-order valence-corrected chi connectivity index (χ1v) is 11.9. The first kappa shape index (κ1) is 24.4. The van der Waals surface area contributed by atoms with Crippen LogP contribution in [0.4, 0.5) is 17.1 Å². The molecule has 0 fully saturated rings. The maximum atomic E-state index is 12.9. The van der Waals surface area contributed by atoms with Crippen molar-refractivity contribution in [3.63, 3.8) is 0 Å². The van der Waals surface area contributed by atoms with E-state index in [1.165, 1.54) is 4.31 Å². The van der Waals surface area contributed by atoms with Crippen molar-refractivity contribution in [3.05, 3.63) is 61.2 Å². The number of amides is 1. The number of carbonyl (C=O) groups excluding carboxylic acids is 1. The van der Waals surface area contributed by atoms with Gasteiger partial charge in [-0.25, -0.2) is 8.42 Å². The van der Waals surface area contributed by atoms with Crippen molar-refractivity contribution >= 4 is 33.0 Å². The Morgan fingerprint density at radius 3 is 2.26 bits per heavy atom. The molecule has 2 aromatic rings. The molecule has 8 heteroatoms. The fourth-order valence-electron chi connectivity index (χ4n) is 3.24. The quantitative estimate of drug-likeness (QED) is 0.487. The molecule has 0 saturated carbocycles. The Balaban J connectivity index is 2.29. The van der Waals surface area contributed by atoms with Gasteiger partial charge in [-0.2, -0.15) is 4.31 Å². The molecule has 0 spiro atoms. The molecule has 0 atom stereocenters. The lowest BCUT2D eigenvalue weighted by Crippen LogP contribution is -2.36. The van der Waals surface area contributed by atoms with Crippen molar-refractivity contribution in [1.82, 2.24) is 4.31 Å². The molecule has 0 saturated heterocycles. The Bertz CT molecular complexity index is 974. The predicted molar refractivity (Wildman–Crippen MR) is 128 cm³/mol. The third kappa shape index (κ3) is 6.08. The minimum absolute atomic E-state index is 0.00982. The van der Waals surface area contributed by atoms with Crippen LogP contribution in [0.15, 0.2) is 66.1 Å². The maximum absolute atomic E-state index is 12.9. The van der Waals surface area contributed by atoms with Gasteiger partial charge in [-0.3, -0.25) is 4.79 Å². The van der Waals surface area contributed by atoms with Crippen molar-refractivity contribution in [2.24, 2.45) is 0 Å². The number of hydrogen-bond acceptors (Lipinski definition) is 5. The van der Waals surface area contributed by atoms with Crippen LogP contribution in [-0.2, 0) is 14.8 Å². The van der Waals surface area contributed by atoms with E-state index in [0.717, 1.165) is 11.4 Å². The number of carbonyl (C=O) groups is 1. The Morgan fingerprint density at radius 2 is 1.68 bits per heavy atom. The number of rotatable bonds is 12. The first-order valence-electron chi connectivity index (χ1n) is 10.5. The molecule has 0 aliphatic carbocycles. The first-order chi connectivity index (χ1) is 14.9. The van der Waals surface area contributed by atoms with Gasteiger partial charge in [0.2, 0.25) is 15.9 Å². The van der Waals surface area contributed by atoms with Crippen molar-refractivity contribution in [3.8, 4) is 0 Å². The highest BCUT2D eigenvalue weighted by Crippen LogP contribution is 2.27. The second-order valence-corrected chi connectivity index (χ2v) is 8.75. The van der Waals surface area contributed by atoms with Crippen LogP contribution < -0.4 is 15.5 Å². The van der Waals surface area contributed by atoms with Gasteiger partial charge in [0.25, 0.3) is 0 Å². The zero-order valence-corrected chi connectivity index (χ0v) is 19.3. The summed E-state index contributed by atoms with van der Waals surface area (Å²) >= 11 is 0. The number of anilines is 3. The van der Waals surface area contributed by atoms with Gasteiger partial charge in [0, 0.05) is 31.9 Å². The Morgan fingerprint density at radius 1 is 1.00 bits per heavy atom. The van der Waals surface area contributed by atoms with E-state index < -0.39 is 10.0 Å². The molecule has 2 N–H and O–H groups in total. The lowest BCUT2D eigenvalue weighted by molar-refractivity contribution is -0.116. The van der Waals surface area contributed by atoms with Crippen molar-refractivity contribution in [2.45, 2.75) is 25.7 Å². The van der Waals surface area contributed by atoms with Gasteiger partial charge in [0.05, 0.1) is 22.8 Å². The fourth-order valence-corrected chi connectivity index (χ4v) is 4.73. The summed E-state index contributed by atoms with van der Waals surface area (Å²) in [4.78, 5) is 14.7. The second-order valence-electron chi connectivity index (χ2n) is 6.81. The predicted octanol–water partition coefficient (Wildman–Crippen LogP) is 3.78. The van der Waals surface area contributed by atoms with Gasteiger partial charge in [-0.05, 0) is 37.3 Å². The van der Waals surface area contributed by atoms with Crippen molar-refractivity contribution in [2.75, 3.05) is 48.3 Å². The molecule has 2 aromatic carbocycles. The molecule has 31 heavy (non-hydrogen) atoms. The minimum atomic E-state index is -3.60. The molecule has 2 rings (SSSR count). The van der Waals surface area contributed by atoms with Crippen LogP contribution in [0.25, 0.3) is 0 Å². The van der Waals surface area contributed by atoms with E-state index in [2.05, 4.69) is 17.2 Å². The highest BCUT2D eigenvalue weighted by atomic mass is 32.2. The van der Waals surface area contributed by atoms with Crippen LogP contribution in [0, 0.1) is 0 Å². The number of para-hydroxylation sites is 1. The summed E-state index contributed by atoms with van der Waals surface area (Å²) in [6.45, 7) is 11.1. The third-order valence-electron chi connectivity index (χ3n) is 4.81. The van der Waals surface area contributed by atoms with Crippen LogP contribution in [-0.4, -0.2) is 51.4 Å². The monoisotopic (exact) mass is 444 g/mol. The topological polar surface area (TPSA) is 81.8 Å². The molecule has 1 amide bonds. The fraction of sp³-hybridized carbons (Fsp3) is 0.348. The lowest BCUT2D eigenvalue weighted by Gasteiger charge is -2.23. The van der Waals surface area contributed by atoms with Gasteiger partial charge in [0.1, 0.15) is 0 Å². The molecule has 0 heterocycles. The molecule has 0 aliphatic rings. The molecule has 0 aliphatic heterocycles. The largest absolute Gasteiger partial charge is 0.384 e. The standard InChI is InChI=1S/C23H32N4O3S/c1-5-16-27(19-12-10-9-11-13-19)23(28)18-25-22-17-20(14-15-21(22)24-6-2)31(29,30)26(7-3)8-4/h5,9-15,17,24-25H,1,6-8,16,18H2,2-4H3. The summed E-state index contributed by atoms with van der Waals surface area (Å²) in [6.07, 6.45) is 1.67. The van der Waals surface area contributed by atoms with E-state index in [4.69, 9.17) is 0 Å². The van der Waals surface area contributed by atoms with Gasteiger partial charge < -0.3 is 15.5 Å². The van der Waals surface area contributed by atoms with E-state index in [1.54, 1.807) is 29.2 Å². The molecular formula is C23H32N4O3S. The Labute approximate surface area is 185 Å². The van der Waals surface area contributed by atoms with Gasteiger partial charge in [-0.1, -0.05) is 38.1 Å². The zero-order valence-electron chi connectivity index (χ0n) is 18.5. The van der Waals surface area contributed by atoms with Gasteiger partial charge in [-0.15, -0.1) is 6.58 Å². The average Bonchev–Trinajstić information content (AvgIpc) is 2.77. The highest BCUT2D eigenvalue weighted by molar-refractivity contribution is 7.89. The van der Waals surface area contributed by atoms with E-state index in [0.29, 0.717) is 31.9 Å². The number of hydrogen-bond donors (Lipinski definition) is 2. The highest BCUT2D eigenvalue weighted by Gasteiger charge is 2.23. The van der Waals surface area contributed by atoms with Crippen LogP contribution >= 0.6 is 0 Å². The van der Waals surface area contributed by atoms with E-state index >= 15 is 0 Å². The Kier molecular flexibility index (Phi) is 9.08. The van der Waals surface area contributed by atoms with Gasteiger partial charge in [0.15, 0.2) is 0 Å². The van der Waals surface area contributed by atoms with Crippen LogP contribution in [0.2, 0.25) is 0 Å². The van der Waals surface area contributed by atoms with Crippen LogP contribution in [0.3, 0.4) is 0 Å². The summed E-state index contributed by atoms with van der Waals surface area (Å²) in [7, 11) is -3.60.